The number of amides is 1. The van der Waals surface area contributed by atoms with Crippen molar-refractivity contribution in [1.29, 1.82) is 0 Å². The number of hydrogen-bond acceptors (Lipinski definition) is 6. The van der Waals surface area contributed by atoms with Gasteiger partial charge in [-0.1, -0.05) is 12.1 Å². The van der Waals surface area contributed by atoms with E-state index < -0.39 is 0 Å². The first-order valence-corrected chi connectivity index (χ1v) is 13.8. The molecule has 4 atom stereocenters. The van der Waals surface area contributed by atoms with Crippen molar-refractivity contribution in [1.82, 2.24) is 4.90 Å². The molecule has 7 nitrogen and oxygen atoms in total. The van der Waals surface area contributed by atoms with E-state index in [1.807, 2.05) is 36.4 Å². The van der Waals surface area contributed by atoms with Crippen molar-refractivity contribution in [2.75, 3.05) is 36.5 Å². The van der Waals surface area contributed by atoms with Gasteiger partial charge in [-0.2, -0.15) is 0 Å². The Morgan fingerprint density at radius 2 is 1.84 bits per heavy atom. The summed E-state index contributed by atoms with van der Waals surface area (Å²) in [4.78, 5) is 29.8. The Morgan fingerprint density at radius 3 is 2.51 bits per heavy atom. The molecule has 196 valence electrons. The van der Waals surface area contributed by atoms with Crippen LogP contribution in [0.1, 0.15) is 54.9 Å². The first-order chi connectivity index (χ1) is 18.0. The van der Waals surface area contributed by atoms with Gasteiger partial charge in [-0.15, -0.1) is 0 Å². The summed E-state index contributed by atoms with van der Waals surface area (Å²) < 4.78 is 11.1. The Balaban J connectivity index is 1.03. The first kappa shape index (κ1) is 24.4. The van der Waals surface area contributed by atoms with Crippen molar-refractivity contribution in [3.63, 3.8) is 0 Å². The van der Waals surface area contributed by atoms with Crippen molar-refractivity contribution >= 4 is 23.3 Å². The fourth-order valence-corrected chi connectivity index (χ4v) is 6.29. The van der Waals surface area contributed by atoms with Gasteiger partial charge in [0.2, 0.25) is 0 Å². The number of rotatable bonds is 8. The first-order valence-electron chi connectivity index (χ1n) is 13.8. The zero-order valence-electron chi connectivity index (χ0n) is 21.6. The molecule has 0 radical (unpaired) electrons. The van der Waals surface area contributed by atoms with Gasteiger partial charge in [0, 0.05) is 48.7 Å². The lowest BCUT2D eigenvalue weighted by molar-refractivity contribution is -0.142. The Hall–Kier alpha value is -2.90. The number of benzene rings is 2. The number of nitrogens with zero attached hydrogens (tertiary/aromatic N) is 2. The van der Waals surface area contributed by atoms with Crippen molar-refractivity contribution in [2.45, 2.75) is 63.8 Å². The number of carbonyl (C=O) groups excluding carboxylic acids is 2. The zero-order valence-corrected chi connectivity index (χ0v) is 21.6. The van der Waals surface area contributed by atoms with Crippen LogP contribution < -0.4 is 10.2 Å². The van der Waals surface area contributed by atoms with Crippen LogP contribution in [-0.4, -0.2) is 61.2 Å². The number of cyclic esters (lactones) is 1. The summed E-state index contributed by atoms with van der Waals surface area (Å²) in [6.45, 7) is 6.42. The molecule has 6 rings (SSSR count). The number of hydrogen-bond donors (Lipinski definition) is 1. The number of carbonyl (C=O) groups is 2. The second-order valence-electron chi connectivity index (χ2n) is 11.1. The Kier molecular flexibility index (Phi) is 6.91. The van der Waals surface area contributed by atoms with Gasteiger partial charge in [0.05, 0.1) is 25.2 Å². The minimum absolute atomic E-state index is 0.00652. The number of fused-ring (bicyclic) bond motifs is 1. The maximum Gasteiger partial charge on any atom is 0.310 e. The molecule has 4 aliphatic rings. The number of ether oxygens (including phenoxy) is 2. The van der Waals surface area contributed by atoms with E-state index in [9.17, 15) is 9.59 Å². The van der Waals surface area contributed by atoms with Crippen LogP contribution in [0.2, 0.25) is 0 Å². The fourth-order valence-electron chi connectivity index (χ4n) is 6.29. The van der Waals surface area contributed by atoms with Crippen LogP contribution in [0.25, 0.3) is 0 Å². The molecule has 2 aromatic carbocycles. The standard InChI is InChI=1S/C30H37N3O4/c1-20(27-14-16-36-30(27)35)32-17-23-13-15-33(28(23)18-32)25-11-9-24(10-12-25)31-29(34)22-7-5-21(6-8-22)19-37-26-3-2-4-26/h5-12,20,23,26-28H,2-4,13-19H2,1H3,(H,31,34). The predicted octanol–water partition coefficient (Wildman–Crippen LogP) is 4.47. The molecule has 0 bridgehead atoms. The lowest BCUT2D eigenvalue weighted by Crippen LogP contribution is -2.42. The van der Waals surface area contributed by atoms with Gasteiger partial charge in [0.1, 0.15) is 0 Å². The molecule has 0 aromatic heterocycles. The van der Waals surface area contributed by atoms with E-state index in [0.717, 1.165) is 50.1 Å². The van der Waals surface area contributed by atoms with E-state index in [1.54, 1.807) is 0 Å². The van der Waals surface area contributed by atoms with Crippen molar-refractivity contribution < 1.29 is 19.1 Å². The van der Waals surface area contributed by atoms with E-state index in [-0.39, 0.29) is 23.8 Å². The molecule has 4 unspecified atom stereocenters. The third kappa shape index (κ3) is 5.12. The van der Waals surface area contributed by atoms with Crippen LogP contribution in [-0.2, 0) is 20.9 Å². The summed E-state index contributed by atoms with van der Waals surface area (Å²) in [5, 5.41) is 3.03. The molecule has 1 amide bonds. The number of esters is 1. The summed E-state index contributed by atoms with van der Waals surface area (Å²) >= 11 is 0. The molecule has 7 heteroatoms. The molecule has 37 heavy (non-hydrogen) atoms. The molecule has 3 saturated heterocycles. The number of nitrogens with one attached hydrogen (secondary N) is 1. The lowest BCUT2D eigenvalue weighted by atomic mass is 9.96. The van der Waals surface area contributed by atoms with Crippen LogP contribution in [0, 0.1) is 11.8 Å². The van der Waals surface area contributed by atoms with Gasteiger partial charge in [0.25, 0.3) is 5.91 Å². The van der Waals surface area contributed by atoms with E-state index in [1.165, 1.54) is 18.5 Å². The van der Waals surface area contributed by atoms with Gasteiger partial charge in [-0.05, 0) is 86.9 Å². The summed E-state index contributed by atoms with van der Waals surface area (Å²) in [5.41, 5.74) is 3.73. The van der Waals surface area contributed by atoms with Crippen LogP contribution in [0.3, 0.4) is 0 Å². The SMILES string of the molecule is CC(C1CCOC1=O)N1CC2CCN(c3ccc(NC(=O)c4ccc(COC5CCC5)cc4)cc3)C2C1. The van der Waals surface area contributed by atoms with E-state index in [4.69, 9.17) is 9.47 Å². The fraction of sp³-hybridized carbons (Fsp3) is 0.533. The molecule has 1 N–H and O–H groups in total. The third-order valence-corrected chi connectivity index (χ3v) is 8.92. The second-order valence-corrected chi connectivity index (χ2v) is 11.1. The number of likely N-dealkylation sites (tertiary alicyclic amines) is 1. The largest absolute Gasteiger partial charge is 0.465 e. The van der Waals surface area contributed by atoms with Crippen molar-refractivity contribution in [3.8, 4) is 0 Å². The quantitative estimate of drug-likeness (QED) is 0.536. The normalized spacial score (nSPS) is 26.6. The second kappa shape index (κ2) is 10.5. The maximum absolute atomic E-state index is 12.8. The molecule has 3 aliphatic heterocycles. The average molecular weight is 504 g/mol. The van der Waals surface area contributed by atoms with Crippen LogP contribution in [0.15, 0.2) is 48.5 Å². The minimum atomic E-state index is -0.105. The molecule has 1 aliphatic carbocycles. The van der Waals surface area contributed by atoms with E-state index in [0.29, 0.717) is 36.8 Å². The molecule has 3 heterocycles. The van der Waals surface area contributed by atoms with Gasteiger partial charge in [-0.25, -0.2) is 0 Å². The predicted molar refractivity (Wildman–Crippen MR) is 143 cm³/mol. The Bertz CT molecular complexity index is 1110. The van der Waals surface area contributed by atoms with Crippen molar-refractivity contribution in [3.05, 3.63) is 59.7 Å². The topological polar surface area (TPSA) is 71.1 Å². The summed E-state index contributed by atoms with van der Waals surface area (Å²) in [6.07, 6.45) is 6.00. The highest BCUT2D eigenvalue weighted by Crippen LogP contribution is 2.37. The monoisotopic (exact) mass is 503 g/mol. The average Bonchev–Trinajstić information content (AvgIpc) is 3.60. The van der Waals surface area contributed by atoms with Crippen LogP contribution in [0.5, 0.6) is 0 Å². The zero-order chi connectivity index (χ0) is 25.4. The van der Waals surface area contributed by atoms with Gasteiger partial charge < -0.3 is 19.7 Å². The summed E-state index contributed by atoms with van der Waals surface area (Å²) in [5.74, 6) is 0.493. The molecular formula is C30H37N3O4. The molecular weight excluding hydrogens is 466 g/mol. The van der Waals surface area contributed by atoms with E-state index >= 15 is 0 Å². The minimum Gasteiger partial charge on any atom is -0.465 e. The molecule has 2 aromatic rings. The van der Waals surface area contributed by atoms with E-state index in [2.05, 4.69) is 34.2 Å². The van der Waals surface area contributed by atoms with Crippen LogP contribution >= 0.6 is 0 Å². The molecule has 4 fully saturated rings. The highest BCUT2D eigenvalue weighted by molar-refractivity contribution is 6.04. The third-order valence-electron chi connectivity index (χ3n) is 8.92. The summed E-state index contributed by atoms with van der Waals surface area (Å²) in [7, 11) is 0. The smallest absolute Gasteiger partial charge is 0.310 e. The van der Waals surface area contributed by atoms with Crippen molar-refractivity contribution in [2.24, 2.45) is 11.8 Å². The van der Waals surface area contributed by atoms with Gasteiger partial charge >= 0.3 is 5.97 Å². The molecule has 0 spiro atoms. The van der Waals surface area contributed by atoms with Crippen LogP contribution in [0.4, 0.5) is 11.4 Å². The van der Waals surface area contributed by atoms with Gasteiger partial charge in [0.15, 0.2) is 0 Å². The lowest BCUT2D eigenvalue weighted by Gasteiger charge is -2.31. The molecule has 1 saturated carbocycles. The van der Waals surface area contributed by atoms with Gasteiger partial charge in [-0.3, -0.25) is 14.5 Å². The highest BCUT2D eigenvalue weighted by Gasteiger charge is 2.45. The number of anilines is 2. The Labute approximate surface area is 219 Å². The summed E-state index contributed by atoms with van der Waals surface area (Å²) in [6, 6.07) is 16.6. The highest BCUT2D eigenvalue weighted by atomic mass is 16.5. The Morgan fingerprint density at radius 1 is 1.05 bits per heavy atom. The maximum atomic E-state index is 12.8.